The fraction of sp³-hybridized carbons (Fsp3) is 0.462. The number of nitrogens with two attached hydrogens (primary N) is 1. The number of ether oxygens (including phenoxy) is 1. The minimum absolute atomic E-state index is 0.0984. The first kappa shape index (κ1) is 20.8. The van der Waals surface area contributed by atoms with Crippen LogP contribution in [0.15, 0.2) is 46.6 Å². The number of hydrogen-bond donors (Lipinski definition) is 1. The largest absolute Gasteiger partial charge is 0.382 e. The third-order valence-electron chi connectivity index (χ3n) is 7.85. The van der Waals surface area contributed by atoms with Crippen molar-refractivity contribution in [2.24, 2.45) is 27.1 Å². The van der Waals surface area contributed by atoms with Crippen LogP contribution in [-0.2, 0) is 16.8 Å². The van der Waals surface area contributed by atoms with E-state index in [2.05, 4.69) is 36.2 Å². The maximum Gasteiger partial charge on any atom is 0.184 e. The lowest BCUT2D eigenvalue weighted by molar-refractivity contribution is -0.0451. The molecule has 6 nitrogen and oxygen atoms in total. The lowest BCUT2D eigenvalue weighted by atomic mass is 9.61. The quantitative estimate of drug-likeness (QED) is 0.786. The molecule has 6 heteroatoms. The Kier molecular flexibility index (Phi) is 4.90. The highest BCUT2D eigenvalue weighted by atomic mass is 16.5. The summed E-state index contributed by atoms with van der Waals surface area (Å²) in [5.41, 5.74) is 11.3. The van der Waals surface area contributed by atoms with Crippen LogP contribution in [-0.4, -0.2) is 29.7 Å². The standard InChI is InChI=1S/C26H29N5O/c1-4-18-11-25(8-7-23(18)32-3)12-20-6-5-19(21-9-17(13-27)14-29-15-21)10-22(20)26(25)30-16(2)24(28)31-26/h5-6,9-10,14-15,18,23H,4,7-8,11-12H2,1-3H3,(H2,28,31)/t18-,23-,25-,26-/m0/s1. The van der Waals surface area contributed by atoms with Gasteiger partial charge in [-0.2, -0.15) is 5.26 Å². The summed E-state index contributed by atoms with van der Waals surface area (Å²) >= 11 is 0. The number of fused-ring (bicyclic) bond motifs is 3. The highest BCUT2D eigenvalue weighted by molar-refractivity contribution is 6.41. The van der Waals surface area contributed by atoms with Gasteiger partial charge < -0.3 is 10.5 Å². The van der Waals surface area contributed by atoms with Gasteiger partial charge in [-0.3, -0.25) is 9.98 Å². The number of nitriles is 1. The molecule has 2 aliphatic carbocycles. The average molecular weight is 428 g/mol. The highest BCUT2D eigenvalue weighted by Gasteiger charge is 2.62. The van der Waals surface area contributed by atoms with Crippen LogP contribution in [0.1, 0.15) is 56.2 Å². The summed E-state index contributed by atoms with van der Waals surface area (Å²) in [6.45, 7) is 4.21. The number of rotatable bonds is 3. The van der Waals surface area contributed by atoms with E-state index in [0.29, 0.717) is 17.3 Å². The summed E-state index contributed by atoms with van der Waals surface area (Å²) < 4.78 is 5.84. The van der Waals surface area contributed by atoms with Crippen molar-refractivity contribution in [3.8, 4) is 17.2 Å². The van der Waals surface area contributed by atoms with Crippen LogP contribution >= 0.6 is 0 Å². The zero-order valence-electron chi connectivity index (χ0n) is 18.9. The number of methoxy groups -OCH3 is 1. The van der Waals surface area contributed by atoms with Crippen LogP contribution in [0.5, 0.6) is 0 Å². The van der Waals surface area contributed by atoms with Gasteiger partial charge in [0.25, 0.3) is 0 Å². The molecule has 0 unspecified atom stereocenters. The SMILES string of the molecule is CC[C@H]1C[C@@]2(CC[C@@H]1OC)Cc1ccc(-c3cncc(C#N)c3)cc1[C@@]21N=C(C)C(N)=N1. The van der Waals surface area contributed by atoms with Crippen LogP contribution in [0.2, 0.25) is 0 Å². The molecule has 3 aliphatic rings. The molecule has 1 aromatic carbocycles. The Balaban J connectivity index is 1.65. The van der Waals surface area contributed by atoms with E-state index < -0.39 is 5.66 Å². The predicted octanol–water partition coefficient (Wildman–Crippen LogP) is 4.37. The minimum Gasteiger partial charge on any atom is -0.382 e. The Labute approximate surface area is 189 Å². The summed E-state index contributed by atoms with van der Waals surface area (Å²) in [7, 11) is 1.83. The molecule has 164 valence electrons. The molecule has 2 aromatic rings. The van der Waals surface area contributed by atoms with Crippen LogP contribution in [0.4, 0.5) is 0 Å². The summed E-state index contributed by atoms with van der Waals surface area (Å²) in [4.78, 5) is 14.5. The van der Waals surface area contributed by atoms with Crippen molar-refractivity contribution in [3.63, 3.8) is 0 Å². The number of aromatic nitrogens is 1. The van der Waals surface area contributed by atoms with Gasteiger partial charge in [0.05, 0.1) is 17.4 Å². The molecule has 2 heterocycles. The number of aliphatic imine (C=N–C) groups is 2. The van der Waals surface area contributed by atoms with Crippen molar-refractivity contribution in [3.05, 3.63) is 53.3 Å². The molecule has 2 N–H and O–H groups in total. The van der Waals surface area contributed by atoms with E-state index in [1.807, 2.05) is 20.1 Å². The second kappa shape index (κ2) is 7.53. The molecule has 1 fully saturated rings. The van der Waals surface area contributed by atoms with E-state index in [0.717, 1.165) is 54.5 Å². The first-order valence-corrected chi connectivity index (χ1v) is 11.4. The molecule has 1 aliphatic heterocycles. The van der Waals surface area contributed by atoms with E-state index in [1.54, 1.807) is 12.4 Å². The Morgan fingerprint density at radius 1 is 1.22 bits per heavy atom. The summed E-state index contributed by atoms with van der Waals surface area (Å²) in [6.07, 6.45) is 8.73. The number of amidine groups is 1. The first-order chi connectivity index (χ1) is 15.4. The van der Waals surface area contributed by atoms with Crippen molar-refractivity contribution in [2.75, 3.05) is 7.11 Å². The molecule has 0 amide bonds. The van der Waals surface area contributed by atoms with Crippen molar-refractivity contribution >= 4 is 11.5 Å². The monoisotopic (exact) mass is 427 g/mol. The lowest BCUT2D eigenvalue weighted by Gasteiger charge is -2.47. The van der Waals surface area contributed by atoms with Gasteiger partial charge in [0.2, 0.25) is 0 Å². The maximum absolute atomic E-state index is 9.30. The van der Waals surface area contributed by atoms with Crippen molar-refractivity contribution in [1.29, 1.82) is 5.26 Å². The molecule has 5 rings (SSSR count). The van der Waals surface area contributed by atoms with Gasteiger partial charge in [-0.25, -0.2) is 4.99 Å². The van der Waals surface area contributed by atoms with Gasteiger partial charge in [0.1, 0.15) is 11.9 Å². The van der Waals surface area contributed by atoms with Gasteiger partial charge >= 0.3 is 0 Å². The fourth-order valence-electron chi connectivity index (χ4n) is 6.19. The zero-order chi connectivity index (χ0) is 22.5. The third kappa shape index (κ3) is 2.91. The molecule has 1 saturated carbocycles. The topological polar surface area (TPSA) is 96.6 Å². The molecule has 0 saturated heterocycles. The number of pyridine rings is 1. The molecule has 0 bridgehead atoms. The van der Waals surface area contributed by atoms with Gasteiger partial charge in [0, 0.05) is 36.0 Å². The molecule has 0 radical (unpaired) electrons. The second-order valence-corrected chi connectivity index (χ2v) is 9.45. The van der Waals surface area contributed by atoms with Crippen molar-refractivity contribution in [2.45, 2.75) is 57.7 Å². The van der Waals surface area contributed by atoms with Crippen LogP contribution in [0, 0.1) is 22.7 Å². The van der Waals surface area contributed by atoms with E-state index in [9.17, 15) is 5.26 Å². The Morgan fingerprint density at radius 2 is 2.06 bits per heavy atom. The Morgan fingerprint density at radius 3 is 2.75 bits per heavy atom. The number of nitrogens with zero attached hydrogens (tertiary/aromatic N) is 4. The van der Waals surface area contributed by atoms with Gasteiger partial charge in [-0.1, -0.05) is 25.5 Å². The zero-order valence-corrected chi connectivity index (χ0v) is 18.9. The van der Waals surface area contributed by atoms with Crippen LogP contribution < -0.4 is 5.73 Å². The average Bonchev–Trinajstić information content (AvgIpc) is 3.26. The summed E-state index contributed by atoms with van der Waals surface area (Å²) in [6, 6.07) is 10.6. The second-order valence-electron chi connectivity index (χ2n) is 9.45. The van der Waals surface area contributed by atoms with Gasteiger partial charge in [0.15, 0.2) is 5.66 Å². The summed E-state index contributed by atoms with van der Waals surface area (Å²) in [5, 5.41) is 9.30. The van der Waals surface area contributed by atoms with E-state index >= 15 is 0 Å². The third-order valence-corrected chi connectivity index (χ3v) is 7.85. The highest BCUT2D eigenvalue weighted by Crippen LogP contribution is 2.63. The van der Waals surface area contributed by atoms with Crippen molar-refractivity contribution in [1.82, 2.24) is 4.98 Å². The normalized spacial score (nSPS) is 30.8. The van der Waals surface area contributed by atoms with Crippen LogP contribution in [0.3, 0.4) is 0 Å². The smallest absolute Gasteiger partial charge is 0.184 e. The molecule has 32 heavy (non-hydrogen) atoms. The first-order valence-electron chi connectivity index (χ1n) is 11.4. The van der Waals surface area contributed by atoms with Gasteiger partial charge in [-0.05, 0) is 61.8 Å². The van der Waals surface area contributed by atoms with E-state index in [1.165, 1.54) is 5.56 Å². The number of benzene rings is 1. The van der Waals surface area contributed by atoms with Crippen LogP contribution in [0.25, 0.3) is 11.1 Å². The summed E-state index contributed by atoms with van der Waals surface area (Å²) in [5.74, 6) is 1.01. The van der Waals surface area contributed by atoms with E-state index in [-0.39, 0.29) is 11.5 Å². The molecule has 1 aromatic heterocycles. The van der Waals surface area contributed by atoms with Gasteiger partial charge in [-0.15, -0.1) is 0 Å². The number of hydrogen-bond acceptors (Lipinski definition) is 6. The Hall–Kier alpha value is -3.04. The maximum atomic E-state index is 9.30. The molecular formula is C26H29N5O. The molecular weight excluding hydrogens is 398 g/mol. The minimum atomic E-state index is -0.682. The van der Waals surface area contributed by atoms with E-state index in [4.69, 9.17) is 20.5 Å². The fourth-order valence-corrected chi connectivity index (χ4v) is 6.19. The predicted molar refractivity (Wildman–Crippen MR) is 125 cm³/mol. The Bertz CT molecular complexity index is 1160. The van der Waals surface area contributed by atoms with Crippen molar-refractivity contribution < 1.29 is 4.74 Å². The molecule has 4 atom stereocenters. The lowest BCUT2D eigenvalue weighted by Crippen LogP contribution is -2.47. The molecule has 2 spiro atoms.